The van der Waals surface area contributed by atoms with Crippen molar-refractivity contribution in [1.82, 2.24) is 10.4 Å². The molecule has 2 saturated carbocycles. The standard InChI is InChI=1S/C19H20FN3/c20-15-7-5-14(6-8-15)17-16-4-2-1-3-13(16)9-10-23(17)22-19-11-18(19,21)12-19/h1-8,17,22H,9-12,21H2/t17-,18?,19?/m0/s1. The molecule has 3 N–H and O–H groups in total. The lowest BCUT2D eigenvalue weighted by atomic mass is 9.89. The van der Waals surface area contributed by atoms with Crippen molar-refractivity contribution < 1.29 is 4.39 Å². The summed E-state index contributed by atoms with van der Waals surface area (Å²) in [6, 6.07) is 15.5. The summed E-state index contributed by atoms with van der Waals surface area (Å²) in [5.41, 5.74) is 13.9. The van der Waals surface area contributed by atoms with Crippen molar-refractivity contribution in [2.45, 2.75) is 36.4 Å². The van der Waals surface area contributed by atoms with Crippen LogP contribution in [0, 0.1) is 5.82 Å². The minimum atomic E-state index is -0.193. The van der Waals surface area contributed by atoms with Gasteiger partial charge in [-0.15, -0.1) is 0 Å². The summed E-state index contributed by atoms with van der Waals surface area (Å²) in [7, 11) is 0. The van der Waals surface area contributed by atoms with Crippen LogP contribution < -0.4 is 11.2 Å². The molecule has 4 heteroatoms. The van der Waals surface area contributed by atoms with Crippen LogP contribution in [0.5, 0.6) is 0 Å². The van der Waals surface area contributed by atoms with E-state index < -0.39 is 0 Å². The van der Waals surface area contributed by atoms with Crippen LogP contribution in [0.15, 0.2) is 48.5 Å². The quantitative estimate of drug-likeness (QED) is 0.915. The van der Waals surface area contributed by atoms with E-state index in [0.29, 0.717) is 0 Å². The second-order valence-corrected chi connectivity index (χ2v) is 7.30. The Morgan fingerprint density at radius 2 is 1.78 bits per heavy atom. The van der Waals surface area contributed by atoms with Gasteiger partial charge in [-0.2, -0.15) is 0 Å². The van der Waals surface area contributed by atoms with Crippen LogP contribution in [0.1, 0.15) is 35.6 Å². The second-order valence-electron chi connectivity index (χ2n) is 7.30. The zero-order valence-electron chi connectivity index (χ0n) is 12.9. The van der Waals surface area contributed by atoms with Gasteiger partial charge >= 0.3 is 0 Å². The van der Waals surface area contributed by atoms with Crippen LogP contribution in [0.3, 0.4) is 0 Å². The minimum Gasteiger partial charge on any atom is -0.323 e. The molecule has 1 aliphatic heterocycles. The van der Waals surface area contributed by atoms with E-state index in [0.717, 1.165) is 31.4 Å². The number of hydrazine groups is 1. The molecule has 1 atom stereocenters. The van der Waals surface area contributed by atoms with E-state index in [-0.39, 0.29) is 22.9 Å². The molecule has 5 rings (SSSR count). The van der Waals surface area contributed by atoms with Crippen molar-refractivity contribution in [2.75, 3.05) is 6.54 Å². The lowest BCUT2D eigenvalue weighted by Gasteiger charge is -2.38. The number of nitrogens with two attached hydrogens (primary N) is 1. The molecule has 0 unspecified atom stereocenters. The highest BCUT2D eigenvalue weighted by molar-refractivity contribution is 5.45. The number of hydrogen-bond donors (Lipinski definition) is 2. The fourth-order valence-corrected chi connectivity index (χ4v) is 4.09. The molecule has 2 fully saturated rings. The summed E-state index contributed by atoms with van der Waals surface area (Å²) in [5, 5.41) is 2.32. The van der Waals surface area contributed by atoms with Gasteiger partial charge in [0.15, 0.2) is 0 Å². The summed E-state index contributed by atoms with van der Waals surface area (Å²) in [5.74, 6) is -0.193. The van der Waals surface area contributed by atoms with Gasteiger partial charge in [0.25, 0.3) is 0 Å². The van der Waals surface area contributed by atoms with Crippen LogP contribution in [0.4, 0.5) is 4.39 Å². The molecule has 2 aromatic carbocycles. The first kappa shape index (κ1) is 13.7. The molecule has 1 heterocycles. The first-order valence-electron chi connectivity index (χ1n) is 8.27. The van der Waals surface area contributed by atoms with Crippen LogP contribution >= 0.6 is 0 Å². The molecule has 0 bridgehead atoms. The Labute approximate surface area is 135 Å². The van der Waals surface area contributed by atoms with Crippen LogP contribution in [0.25, 0.3) is 0 Å². The molecule has 2 aromatic rings. The summed E-state index contributed by atoms with van der Waals surface area (Å²) < 4.78 is 13.3. The first-order chi connectivity index (χ1) is 11.1. The fourth-order valence-electron chi connectivity index (χ4n) is 4.09. The van der Waals surface area contributed by atoms with E-state index in [1.165, 1.54) is 11.1 Å². The zero-order valence-corrected chi connectivity index (χ0v) is 12.9. The number of nitrogens with one attached hydrogen (secondary N) is 1. The Kier molecular flexibility index (Phi) is 2.62. The molecule has 0 amide bonds. The SMILES string of the molecule is NC12CC1(NN1CCc3ccccc3[C@@H]1c1ccc(F)cc1)C2. The van der Waals surface area contributed by atoms with E-state index in [9.17, 15) is 4.39 Å². The van der Waals surface area contributed by atoms with Gasteiger partial charge in [0.05, 0.1) is 11.6 Å². The van der Waals surface area contributed by atoms with Gasteiger partial charge in [-0.25, -0.2) is 14.8 Å². The minimum absolute atomic E-state index is 0.0251. The lowest BCUT2D eigenvalue weighted by molar-refractivity contribution is 0.118. The van der Waals surface area contributed by atoms with E-state index >= 15 is 0 Å². The summed E-state index contributed by atoms with van der Waals surface area (Å²) in [4.78, 5) is 0. The molecule has 0 spiro atoms. The molecule has 2 aliphatic carbocycles. The monoisotopic (exact) mass is 309 g/mol. The Balaban J connectivity index is 1.54. The van der Waals surface area contributed by atoms with Crippen LogP contribution in [-0.4, -0.2) is 22.6 Å². The van der Waals surface area contributed by atoms with E-state index in [4.69, 9.17) is 5.73 Å². The highest BCUT2D eigenvalue weighted by Gasteiger charge is 2.82. The third-order valence-corrected chi connectivity index (χ3v) is 5.76. The van der Waals surface area contributed by atoms with Gasteiger partial charge in [0, 0.05) is 12.1 Å². The second kappa shape index (κ2) is 4.41. The van der Waals surface area contributed by atoms with Crippen LogP contribution in [0.2, 0.25) is 0 Å². The molecule has 0 radical (unpaired) electrons. The third kappa shape index (κ3) is 1.99. The number of benzene rings is 2. The molecule has 3 aliphatic rings. The topological polar surface area (TPSA) is 41.3 Å². The maximum Gasteiger partial charge on any atom is 0.123 e. The van der Waals surface area contributed by atoms with Gasteiger partial charge in [0.1, 0.15) is 5.82 Å². The summed E-state index contributed by atoms with van der Waals surface area (Å²) in [6.07, 6.45) is 3.15. The average molecular weight is 309 g/mol. The Bertz CT molecular complexity index is 764. The zero-order chi connectivity index (χ0) is 15.7. The predicted molar refractivity (Wildman–Crippen MR) is 87.1 cm³/mol. The van der Waals surface area contributed by atoms with Crippen LogP contribution in [-0.2, 0) is 6.42 Å². The molecule has 0 saturated heterocycles. The number of rotatable bonds is 3. The third-order valence-electron chi connectivity index (χ3n) is 5.76. The van der Waals surface area contributed by atoms with Crippen molar-refractivity contribution in [3.63, 3.8) is 0 Å². The molecule has 3 nitrogen and oxygen atoms in total. The predicted octanol–water partition coefficient (Wildman–Crippen LogP) is 2.52. The maximum absolute atomic E-state index is 13.3. The Morgan fingerprint density at radius 3 is 2.48 bits per heavy atom. The van der Waals surface area contributed by atoms with Gasteiger partial charge in [0.2, 0.25) is 0 Å². The number of hydrogen-bond acceptors (Lipinski definition) is 3. The number of halogens is 1. The lowest BCUT2D eigenvalue weighted by Crippen LogP contribution is -2.49. The average Bonchev–Trinajstić information content (AvgIpc) is 3.32. The molecule has 0 aromatic heterocycles. The molecular formula is C19H20FN3. The molecule has 23 heavy (non-hydrogen) atoms. The molecule has 118 valence electrons. The normalized spacial score (nSPS) is 34.6. The highest BCUT2D eigenvalue weighted by Crippen LogP contribution is 2.69. The smallest absolute Gasteiger partial charge is 0.123 e. The summed E-state index contributed by atoms with van der Waals surface area (Å²) >= 11 is 0. The van der Waals surface area contributed by atoms with Gasteiger partial charge in [-0.05, 0) is 48.1 Å². The Hall–Kier alpha value is -1.75. The maximum atomic E-state index is 13.3. The van der Waals surface area contributed by atoms with Crippen molar-refractivity contribution >= 4 is 0 Å². The fraction of sp³-hybridized carbons (Fsp3) is 0.368. The van der Waals surface area contributed by atoms with E-state index in [1.807, 2.05) is 12.1 Å². The molecular weight excluding hydrogens is 289 g/mol. The number of fused-ring (bicyclic) bond motifs is 2. The van der Waals surface area contributed by atoms with E-state index in [2.05, 4.69) is 34.7 Å². The highest BCUT2D eigenvalue weighted by atomic mass is 19.1. The largest absolute Gasteiger partial charge is 0.323 e. The van der Waals surface area contributed by atoms with Crippen molar-refractivity contribution in [3.8, 4) is 0 Å². The van der Waals surface area contributed by atoms with E-state index in [1.54, 1.807) is 12.1 Å². The van der Waals surface area contributed by atoms with Crippen molar-refractivity contribution in [2.24, 2.45) is 5.73 Å². The van der Waals surface area contributed by atoms with Crippen molar-refractivity contribution in [3.05, 3.63) is 71.0 Å². The van der Waals surface area contributed by atoms with Gasteiger partial charge in [-0.3, -0.25) is 0 Å². The van der Waals surface area contributed by atoms with Gasteiger partial charge in [-0.1, -0.05) is 36.4 Å². The number of nitrogens with zero attached hydrogens (tertiary/aromatic N) is 1. The summed E-state index contributed by atoms with van der Waals surface area (Å²) in [6.45, 7) is 0.941. The van der Waals surface area contributed by atoms with Gasteiger partial charge < -0.3 is 5.73 Å². The van der Waals surface area contributed by atoms with Crippen molar-refractivity contribution in [1.29, 1.82) is 0 Å². The Morgan fingerprint density at radius 1 is 1.09 bits per heavy atom. The first-order valence-corrected chi connectivity index (χ1v) is 8.27.